The van der Waals surface area contributed by atoms with Gasteiger partial charge in [-0.25, -0.2) is 4.39 Å². The predicted molar refractivity (Wildman–Crippen MR) is 81.6 cm³/mol. The zero-order valence-corrected chi connectivity index (χ0v) is 12.0. The maximum Gasteiger partial charge on any atom is 0.314 e. The lowest BCUT2D eigenvalue weighted by Gasteiger charge is -2.07. The number of rotatable bonds is 3. The van der Waals surface area contributed by atoms with E-state index in [2.05, 4.69) is 10.6 Å². The first kappa shape index (κ1) is 15.5. The zero-order valence-electron chi connectivity index (χ0n) is 11.2. The summed E-state index contributed by atoms with van der Waals surface area (Å²) >= 11 is 0.984. The number of para-hydroxylation sites is 1. The second-order valence-corrected chi connectivity index (χ2v) is 4.96. The van der Waals surface area contributed by atoms with Crippen molar-refractivity contribution in [3.05, 3.63) is 54.3 Å². The molecule has 22 heavy (non-hydrogen) atoms. The van der Waals surface area contributed by atoms with Crippen LogP contribution in [0.15, 0.2) is 53.4 Å². The lowest BCUT2D eigenvalue weighted by atomic mass is 10.3. The maximum absolute atomic E-state index is 13.4. The standard InChI is InChI=1S/C15H10FN3O2S/c16-12-3-1-2-4-13(12)19-15(21)14(20)18-10-5-7-11(8-6-10)22-9-17/h1-8H,(H,18,20)(H,19,21). The van der Waals surface area contributed by atoms with E-state index in [-0.39, 0.29) is 5.69 Å². The summed E-state index contributed by atoms with van der Waals surface area (Å²) in [7, 11) is 0. The summed E-state index contributed by atoms with van der Waals surface area (Å²) in [4.78, 5) is 24.2. The highest BCUT2D eigenvalue weighted by molar-refractivity contribution is 8.03. The van der Waals surface area contributed by atoms with Crippen LogP contribution in [0.25, 0.3) is 0 Å². The summed E-state index contributed by atoms with van der Waals surface area (Å²) in [6.07, 6.45) is 0. The van der Waals surface area contributed by atoms with Gasteiger partial charge in [-0.15, -0.1) is 0 Å². The van der Waals surface area contributed by atoms with Crippen molar-refractivity contribution in [1.82, 2.24) is 0 Å². The number of nitriles is 1. The van der Waals surface area contributed by atoms with Gasteiger partial charge in [0, 0.05) is 10.6 Å². The summed E-state index contributed by atoms with van der Waals surface area (Å²) in [6, 6.07) is 12.0. The van der Waals surface area contributed by atoms with E-state index in [0.29, 0.717) is 5.69 Å². The maximum atomic E-state index is 13.4. The topological polar surface area (TPSA) is 82.0 Å². The average Bonchev–Trinajstić information content (AvgIpc) is 2.51. The fourth-order valence-electron chi connectivity index (χ4n) is 1.59. The van der Waals surface area contributed by atoms with Crippen molar-refractivity contribution in [1.29, 1.82) is 5.26 Å². The van der Waals surface area contributed by atoms with E-state index in [1.807, 2.05) is 5.40 Å². The van der Waals surface area contributed by atoms with Crippen molar-refractivity contribution in [2.75, 3.05) is 10.6 Å². The monoisotopic (exact) mass is 315 g/mol. The van der Waals surface area contributed by atoms with Crippen molar-refractivity contribution in [3.8, 4) is 5.40 Å². The highest BCUT2D eigenvalue weighted by Crippen LogP contribution is 2.19. The Morgan fingerprint density at radius 3 is 2.27 bits per heavy atom. The number of hydrogen-bond acceptors (Lipinski definition) is 4. The van der Waals surface area contributed by atoms with Gasteiger partial charge >= 0.3 is 11.8 Å². The first-order chi connectivity index (χ1) is 10.6. The van der Waals surface area contributed by atoms with Crippen LogP contribution in [0.3, 0.4) is 0 Å². The number of carbonyl (C=O) groups excluding carboxylic acids is 2. The van der Waals surface area contributed by atoms with E-state index < -0.39 is 17.6 Å². The third kappa shape index (κ3) is 4.07. The fourth-order valence-corrected chi connectivity index (χ4v) is 1.97. The molecule has 0 bridgehead atoms. The molecule has 0 spiro atoms. The lowest BCUT2D eigenvalue weighted by molar-refractivity contribution is -0.133. The number of hydrogen-bond donors (Lipinski definition) is 2. The molecule has 0 atom stereocenters. The Balaban J connectivity index is 1.98. The van der Waals surface area contributed by atoms with Crippen LogP contribution in [0.1, 0.15) is 0 Å². The van der Waals surface area contributed by atoms with E-state index in [9.17, 15) is 14.0 Å². The van der Waals surface area contributed by atoms with E-state index in [0.717, 1.165) is 16.7 Å². The molecule has 0 saturated heterocycles. The van der Waals surface area contributed by atoms with Crippen LogP contribution < -0.4 is 10.6 Å². The van der Waals surface area contributed by atoms with Gasteiger partial charge in [-0.1, -0.05) is 12.1 Å². The Hall–Kier alpha value is -2.85. The van der Waals surface area contributed by atoms with Crippen LogP contribution in [-0.2, 0) is 9.59 Å². The van der Waals surface area contributed by atoms with Crippen molar-refractivity contribution in [3.63, 3.8) is 0 Å². The van der Waals surface area contributed by atoms with Gasteiger partial charge in [-0.2, -0.15) is 5.26 Å². The molecule has 2 aromatic carbocycles. The molecule has 2 N–H and O–H groups in total. The van der Waals surface area contributed by atoms with Crippen LogP contribution in [-0.4, -0.2) is 11.8 Å². The molecule has 7 heteroatoms. The largest absolute Gasteiger partial charge is 0.318 e. The molecule has 2 aromatic rings. The Morgan fingerprint density at radius 2 is 1.64 bits per heavy atom. The minimum absolute atomic E-state index is 0.0663. The van der Waals surface area contributed by atoms with Crippen LogP contribution in [0.5, 0.6) is 0 Å². The molecule has 110 valence electrons. The molecule has 0 radical (unpaired) electrons. The summed E-state index contributed by atoms with van der Waals surface area (Å²) in [5, 5.41) is 15.0. The molecule has 2 rings (SSSR count). The second kappa shape index (κ2) is 7.24. The average molecular weight is 315 g/mol. The first-order valence-corrected chi connectivity index (χ1v) is 6.94. The quantitative estimate of drug-likeness (QED) is 0.518. The number of nitrogens with zero attached hydrogens (tertiary/aromatic N) is 1. The molecule has 2 amide bonds. The van der Waals surface area contributed by atoms with Crippen molar-refractivity contribution >= 4 is 35.0 Å². The van der Waals surface area contributed by atoms with Gasteiger partial charge in [0.1, 0.15) is 11.2 Å². The van der Waals surface area contributed by atoms with Crippen LogP contribution in [0.2, 0.25) is 0 Å². The number of benzene rings is 2. The third-order valence-electron chi connectivity index (χ3n) is 2.60. The van der Waals surface area contributed by atoms with Crippen LogP contribution >= 0.6 is 11.8 Å². The zero-order chi connectivity index (χ0) is 15.9. The van der Waals surface area contributed by atoms with E-state index in [1.165, 1.54) is 18.2 Å². The van der Waals surface area contributed by atoms with E-state index >= 15 is 0 Å². The highest BCUT2D eigenvalue weighted by Gasteiger charge is 2.15. The van der Waals surface area contributed by atoms with Gasteiger partial charge in [-0.05, 0) is 48.2 Å². The Kier molecular flexibility index (Phi) is 5.11. The number of thiocyanates is 1. The fraction of sp³-hybridized carbons (Fsp3) is 0. The molecular weight excluding hydrogens is 305 g/mol. The minimum Gasteiger partial charge on any atom is -0.318 e. The Morgan fingerprint density at radius 1 is 1.00 bits per heavy atom. The van der Waals surface area contributed by atoms with Crippen LogP contribution in [0.4, 0.5) is 15.8 Å². The Labute approximate surface area is 130 Å². The normalized spacial score (nSPS) is 9.64. The van der Waals surface area contributed by atoms with Crippen molar-refractivity contribution < 1.29 is 14.0 Å². The van der Waals surface area contributed by atoms with Gasteiger partial charge in [0.2, 0.25) is 0 Å². The highest BCUT2D eigenvalue weighted by atomic mass is 32.2. The molecule has 0 aliphatic rings. The number of thioether (sulfide) groups is 1. The van der Waals surface area contributed by atoms with Crippen molar-refractivity contribution in [2.24, 2.45) is 0 Å². The van der Waals surface area contributed by atoms with Crippen molar-refractivity contribution in [2.45, 2.75) is 4.90 Å². The lowest BCUT2D eigenvalue weighted by Crippen LogP contribution is -2.29. The molecule has 0 heterocycles. The third-order valence-corrected chi connectivity index (χ3v) is 3.20. The van der Waals surface area contributed by atoms with Gasteiger partial charge in [-0.3, -0.25) is 9.59 Å². The molecule has 0 aromatic heterocycles. The Bertz CT molecular complexity index is 741. The smallest absolute Gasteiger partial charge is 0.314 e. The molecule has 0 aliphatic carbocycles. The first-order valence-electron chi connectivity index (χ1n) is 6.13. The van der Waals surface area contributed by atoms with Crippen LogP contribution in [0, 0.1) is 16.5 Å². The number of carbonyl (C=O) groups is 2. The van der Waals surface area contributed by atoms with Gasteiger partial charge < -0.3 is 10.6 Å². The van der Waals surface area contributed by atoms with E-state index in [4.69, 9.17) is 5.26 Å². The summed E-state index contributed by atoms with van der Waals surface area (Å²) in [6.45, 7) is 0. The number of amides is 2. The molecular formula is C15H10FN3O2S. The van der Waals surface area contributed by atoms with Gasteiger partial charge in [0.15, 0.2) is 0 Å². The molecule has 0 saturated carbocycles. The minimum atomic E-state index is -0.972. The molecule has 5 nitrogen and oxygen atoms in total. The summed E-state index contributed by atoms with van der Waals surface area (Å²) in [5.41, 5.74) is 0.333. The van der Waals surface area contributed by atoms with Gasteiger partial charge in [0.25, 0.3) is 0 Å². The predicted octanol–water partition coefficient (Wildman–Crippen LogP) is 2.98. The SMILES string of the molecule is N#CSc1ccc(NC(=O)C(=O)Nc2ccccc2F)cc1. The molecule has 0 unspecified atom stereocenters. The van der Waals surface area contributed by atoms with Gasteiger partial charge in [0.05, 0.1) is 5.69 Å². The summed E-state index contributed by atoms with van der Waals surface area (Å²) in [5.74, 6) is -2.51. The second-order valence-electron chi connectivity index (χ2n) is 4.11. The summed E-state index contributed by atoms with van der Waals surface area (Å²) < 4.78 is 13.4. The number of nitrogens with one attached hydrogen (secondary N) is 2. The number of halogens is 1. The molecule has 0 fully saturated rings. The number of anilines is 2. The molecule has 0 aliphatic heterocycles. The van der Waals surface area contributed by atoms with E-state index in [1.54, 1.807) is 30.3 Å².